The molecule has 2 fully saturated rings. The summed E-state index contributed by atoms with van der Waals surface area (Å²) < 4.78 is 52.1. The van der Waals surface area contributed by atoms with Crippen LogP contribution in [0.25, 0.3) is 11.0 Å². The van der Waals surface area contributed by atoms with Gasteiger partial charge in [-0.25, -0.2) is 9.97 Å². The van der Waals surface area contributed by atoms with Gasteiger partial charge >= 0.3 is 6.18 Å². The van der Waals surface area contributed by atoms with Crippen molar-refractivity contribution in [3.63, 3.8) is 0 Å². The van der Waals surface area contributed by atoms with Gasteiger partial charge in [0.1, 0.15) is 17.4 Å². The minimum absolute atomic E-state index is 0.128. The molecule has 4 heterocycles. The molecule has 9 nitrogen and oxygen atoms in total. The minimum Gasteiger partial charge on any atom is -0.381 e. The number of hydrogen-bond acceptors (Lipinski definition) is 6. The van der Waals surface area contributed by atoms with E-state index in [1.807, 2.05) is 0 Å². The molecule has 12 heteroatoms. The Balaban J connectivity index is 1.16. The van der Waals surface area contributed by atoms with Crippen LogP contribution in [0.5, 0.6) is 0 Å². The quantitative estimate of drug-likeness (QED) is 0.463. The third kappa shape index (κ3) is 4.97. The molecule has 3 N–H and O–H groups in total. The van der Waals surface area contributed by atoms with E-state index < -0.39 is 11.7 Å². The fourth-order valence-corrected chi connectivity index (χ4v) is 5.80. The number of para-hydroxylation sites is 1. The number of carbonyl (C=O) groups excluding carboxylic acids is 1. The summed E-state index contributed by atoms with van der Waals surface area (Å²) in [5.74, 6) is -0.121. The zero-order valence-electron chi connectivity index (χ0n) is 20.2. The Morgan fingerprint density at radius 1 is 1.22 bits per heavy atom. The number of amides is 1. The van der Waals surface area contributed by atoms with E-state index in [1.165, 1.54) is 12.1 Å². The van der Waals surface area contributed by atoms with Crippen LogP contribution in [0.3, 0.4) is 0 Å². The first-order valence-electron chi connectivity index (χ1n) is 12.7. The molecule has 2 saturated heterocycles. The topological polar surface area (TPSA) is 108 Å². The molecule has 0 bridgehead atoms. The van der Waals surface area contributed by atoms with Gasteiger partial charge in [0.15, 0.2) is 0 Å². The molecule has 2 unspecified atom stereocenters. The predicted octanol–water partition coefficient (Wildman–Crippen LogP) is 2.90. The van der Waals surface area contributed by atoms with Gasteiger partial charge in [-0.15, -0.1) is 0 Å². The molecule has 2 aliphatic heterocycles. The highest BCUT2D eigenvalue weighted by Gasteiger charge is 2.41. The number of H-pyrrole nitrogens is 2. The smallest absolute Gasteiger partial charge is 0.381 e. The zero-order valence-corrected chi connectivity index (χ0v) is 20.2. The lowest BCUT2D eigenvalue weighted by Gasteiger charge is -2.31. The molecule has 2 aromatic heterocycles. The molecule has 6 rings (SSSR count). The highest BCUT2D eigenvalue weighted by molar-refractivity contribution is 5.82. The van der Waals surface area contributed by atoms with E-state index in [0.29, 0.717) is 19.1 Å². The predicted molar refractivity (Wildman–Crippen MR) is 127 cm³/mol. The van der Waals surface area contributed by atoms with E-state index in [9.17, 15) is 18.0 Å². The molecule has 1 aromatic carbocycles. The number of benzene rings is 1. The number of carbonyl (C=O) groups is 1. The number of nitrogens with zero attached hydrogens (tertiary/aromatic N) is 3. The van der Waals surface area contributed by atoms with Crippen LogP contribution in [0.2, 0.25) is 0 Å². The summed E-state index contributed by atoms with van der Waals surface area (Å²) in [4.78, 5) is 30.0. The second kappa shape index (κ2) is 9.73. The summed E-state index contributed by atoms with van der Waals surface area (Å²) in [5, 5.41) is 3.08. The third-order valence-corrected chi connectivity index (χ3v) is 7.60. The van der Waals surface area contributed by atoms with Crippen LogP contribution in [-0.4, -0.2) is 75.2 Å². The first-order valence-corrected chi connectivity index (χ1v) is 12.7. The number of halogens is 3. The van der Waals surface area contributed by atoms with Gasteiger partial charge in [-0.2, -0.15) is 13.2 Å². The van der Waals surface area contributed by atoms with Gasteiger partial charge in [0.05, 0.1) is 41.7 Å². The number of aryl methyl sites for hydroxylation is 1. The van der Waals surface area contributed by atoms with E-state index in [-0.39, 0.29) is 47.4 Å². The molecule has 1 amide bonds. The third-order valence-electron chi connectivity index (χ3n) is 7.60. The summed E-state index contributed by atoms with van der Waals surface area (Å²) in [6.07, 6.45) is 0.221. The van der Waals surface area contributed by atoms with Crippen LogP contribution >= 0.6 is 0 Å². The van der Waals surface area contributed by atoms with Crippen molar-refractivity contribution in [1.29, 1.82) is 0 Å². The largest absolute Gasteiger partial charge is 0.418 e. The molecular weight excluding hydrogens is 489 g/mol. The summed E-state index contributed by atoms with van der Waals surface area (Å²) in [6, 6.07) is 3.95. The molecule has 3 atom stereocenters. The number of fused-ring (bicyclic) bond motifs is 2. The Morgan fingerprint density at radius 2 is 2.05 bits per heavy atom. The molecule has 37 heavy (non-hydrogen) atoms. The number of rotatable bonds is 6. The number of alkyl halides is 3. The monoisotopic (exact) mass is 518 g/mol. The van der Waals surface area contributed by atoms with Gasteiger partial charge in [0.2, 0.25) is 5.91 Å². The van der Waals surface area contributed by atoms with Gasteiger partial charge in [0, 0.05) is 38.0 Å². The fraction of sp³-hybridized carbons (Fsp3) is 0.560. The number of nitrogens with one attached hydrogen (secondary N) is 3. The first kappa shape index (κ1) is 24.4. The van der Waals surface area contributed by atoms with E-state index in [1.54, 1.807) is 6.33 Å². The van der Waals surface area contributed by atoms with Crippen LogP contribution in [0, 0.1) is 0 Å². The number of ether oxygens (including phenoxy) is 2. The van der Waals surface area contributed by atoms with Crippen molar-refractivity contribution in [3.05, 3.63) is 47.3 Å². The Labute approximate surface area is 211 Å². The number of likely N-dealkylation sites (tertiary alicyclic amines) is 1. The summed E-state index contributed by atoms with van der Waals surface area (Å²) in [6.45, 7) is 2.76. The zero-order chi connectivity index (χ0) is 25.6. The minimum atomic E-state index is -4.52. The summed E-state index contributed by atoms with van der Waals surface area (Å²) >= 11 is 0. The molecule has 3 aromatic rings. The van der Waals surface area contributed by atoms with Crippen LogP contribution in [0.15, 0.2) is 24.5 Å². The standard InChI is InChI=1S/C25H29F3N6O3/c26-25(27,28)15-2-1-3-17-23(15)33-21(31-17)10-22(35)32-18-11-34(14-6-8-36-9-7-14)12-20(18)37-19-5-4-16-24(19)30-13-29-16/h1-3,13-14,18-20H,4-12H2,(H,29,30)(H,31,33)(H,32,35)/t18?,19?,20-/m0/s1. The van der Waals surface area contributed by atoms with Gasteiger partial charge in [-0.3, -0.25) is 9.69 Å². The number of aromatic amines is 2. The lowest BCUT2D eigenvalue weighted by Crippen LogP contribution is -2.45. The lowest BCUT2D eigenvalue weighted by molar-refractivity contribution is -0.136. The van der Waals surface area contributed by atoms with Crippen molar-refractivity contribution >= 4 is 16.9 Å². The molecule has 0 spiro atoms. The first-order chi connectivity index (χ1) is 17.8. The lowest BCUT2D eigenvalue weighted by atomic mass is 10.1. The number of aromatic nitrogens is 4. The SMILES string of the molecule is O=C(Cc1nc2c(C(F)(F)F)cccc2[nH]1)NC1CN(C2CCOCC2)C[C@@H]1OC1CCc2[nH]cnc21. The van der Waals surface area contributed by atoms with Crippen LogP contribution in [0.1, 0.15) is 48.1 Å². The van der Waals surface area contributed by atoms with Crippen LogP contribution in [-0.2, 0) is 33.3 Å². The van der Waals surface area contributed by atoms with E-state index in [2.05, 4.69) is 30.2 Å². The van der Waals surface area contributed by atoms with E-state index >= 15 is 0 Å². The highest BCUT2D eigenvalue weighted by Crippen LogP contribution is 2.35. The Morgan fingerprint density at radius 3 is 2.86 bits per heavy atom. The normalized spacial score (nSPS) is 25.1. The second-order valence-corrected chi connectivity index (χ2v) is 10.00. The van der Waals surface area contributed by atoms with Gasteiger partial charge in [-0.1, -0.05) is 6.07 Å². The molecule has 3 aliphatic rings. The highest BCUT2D eigenvalue weighted by atomic mass is 19.4. The Bertz CT molecular complexity index is 1270. The Hall–Kier alpha value is -2.96. The molecule has 1 aliphatic carbocycles. The maximum Gasteiger partial charge on any atom is 0.418 e. The average Bonchev–Trinajstić information content (AvgIpc) is 3.64. The van der Waals surface area contributed by atoms with Crippen molar-refractivity contribution in [2.24, 2.45) is 0 Å². The van der Waals surface area contributed by atoms with Crippen molar-refractivity contribution in [2.75, 3.05) is 26.3 Å². The van der Waals surface area contributed by atoms with Crippen LogP contribution < -0.4 is 5.32 Å². The summed E-state index contributed by atoms with van der Waals surface area (Å²) in [7, 11) is 0. The Kier molecular flexibility index (Phi) is 6.41. The molecular formula is C25H29F3N6O3. The van der Waals surface area contributed by atoms with Gasteiger partial charge in [0.25, 0.3) is 0 Å². The van der Waals surface area contributed by atoms with Crippen molar-refractivity contribution in [3.8, 4) is 0 Å². The molecule has 198 valence electrons. The van der Waals surface area contributed by atoms with Gasteiger partial charge in [-0.05, 0) is 37.8 Å². The van der Waals surface area contributed by atoms with Crippen molar-refractivity contribution in [2.45, 2.75) is 62.6 Å². The second-order valence-electron chi connectivity index (χ2n) is 10.00. The van der Waals surface area contributed by atoms with E-state index in [0.717, 1.165) is 56.4 Å². The molecule has 0 saturated carbocycles. The number of hydrogen-bond donors (Lipinski definition) is 3. The van der Waals surface area contributed by atoms with Gasteiger partial charge < -0.3 is 24.8 Å². The number of imidazole rings is 2. The van der Waals surface area contributed by atoms with Crippen molar-refractivity contribution < 1.29 is 27.4 Å². The summed E-state index contributed by atoms with van der Waals surface area (Å²) in [5.41, 5.74) is 1.27. The maximum atomic E-state index is 13.4. The molecule has 0 radical (unpaired) electrons. The fourth-order valence-electron chi connectivity index (χ4n) is 5.80. The van der Waals surface area contributed by atoms with E-state index in [4.69, 9.17) is 9.47 Å². The van der Waals surface area contributed by atoms with Crippen LogP contribution in [0.4, 0.5) is 13.2 Å². The average molecular weight is 519 g/mol. The maximum absolute atomic E-state index is 13.4. The van der Waals surface area contributed by atoms with Crippen molar-refractivity contribution in [1.82, 2.24) is 30.2 Å².